The average Bonchev–Trinajstić information content (AvgIpc) is 3.05. The lowest BCUT2D eigenvalue weighted by atomic mass is 9.75. The molecule has 26 heavy (non-hydrogen) atoms. The van der Waals surface area contributed by atoms with Crippen molar-refractivity contribution < 1.29 is 14.7 Å². The van der Waals surface area contributed by atoms with Gasteiger partial charge in [0.05, 0.1) is 6.04 Å². The van der Waals surface area contributed by atoms with Crippen LogP contribution >= 0.6 is 0 Å². The quantitative estimate of drug-likeness (QED) is 0.852. The Morgan fingerprint density at radius 2 is 2.00 bits per heavy atom. The van der Waals surface area contributed by atoms with Crippen LogP contribution in [0.2, 0.25) is 0 Å². The largest absolute Gasteiger partial charge is 0.508 e. The predicted octanol–water partition coefficient (Wildman–Crippen LogP) is 1.31. The lowest BCUT2D eigenvalue weighted by molar-refractivity contribution is -0.135. The van der Waals surface area contributed by atoms with Crippen LogP contribution in [0.3, 0.4) is 0 Å². The highest BCUT2D eigenvalue weighted by atomic mass is 16.3. The number of amides is 2. The fourth-order valence-electron chi connectivity index (χ4n) is 5.24. The second kappa shape index (κ2) is 6.91. The molecule has 4 heterocycles. The van der Waals surface area contributed by atoms with Gasteiger partial charge >= 0.3 is 0 Å². The molecule has 1 aromatic rings. The Morgan fingerprint density at radius 3 is 2.69 bits per heavy atom. The molecule has 5 rings (SSSR count). The van der Waals surface area contributed by atoms with E-state index in [0.717, 1.165) is 31.5 Å². The monoisotopic (exact) mass is 357 g/mol. The highest BCUT2D eigenvalue weighted by Crippen LogP contribution is 2.46. The summed E-state index contributed by atoms with van der Waals surface area (Å²) in [4.78, 5) is 28.6. The molecule has 4 aliphatic rings. The summed E-state index contributed by atoms with van der Waals surface area (Å²) in [5.41, 5.74) is 1.12. The molecule has 3 unspecified atom stereocenters. The number of benzene rings is 1. The van der Waals surface area contributed by atoms with Crippen LogP contribution in [-0.2, 0) is 9.59 Å². The van der Waals surface area contributed by atoms with E-state index >= 15 is 0 Å². The Hall–Kier alpha value is -2.08. The zero-order valence-electron chi connectivity index (χ0n) is 15.2. The Morgan fingerprint density at radius 1 is 1.23 bits per heavy atom. The standard InChI is InChI=1S/C20H27N3O3/c1-13(24)21-8-5-18(26)23-12-17(15-3-2-4-16(25)11-15)20-19(23)14-6-9-22(20)10-7-14/h2-4,11,14,17,19-20,25H,5-10,12H2,1H3,(H,21,24). The highest BCUT2D eigenvalue weighted by molar-refractivity contribution is 5.79. The molecule has 0 saturated carbocycles. The first-order valence-corrected chi connectivity index (χ1v) is 9.61. The molecule has 0 aliphatic carbocycles. The zero-order valence-corrected chi connectivity index (χ0v) is 15.2. The van der Waals surface area contributed by atoms with Crippen molar-refractivity contribution in [2.24, 2.45) is 5.92 Å². The molecule has 3 atom stereocenters. The van der Waals surface area contributed by atoms with Gasteiger partial charge in [0.25, 0.3) is 0 Å². The minimum Gasteiger partial charge on any atom is -0.508 e. The number of hydrogen-bond acceptors (Lipinski definition) is 4. The highest BCUT2D eigenvalue weighted by Gasteiger charge is 2.54. The van der Waals surface area contributed by atoms with Crippen molar-refractivity contribution in [3.05, 3.63) is 29.8 Å². The number of aromatic hydroxyl groups is 1. The first kappa shape index (κ1) is 17.3. The molecular weight excluding hydrogens is 330 g/mol. The molecule has 2 amide bonds. The number of likely N-dealkylation sites (tertiary alicyclic amines) is 1. The summed E-state index contributed by atoms with van der Waals surface area (Å²) < 4.78 is 0. The van der Waals surface area contributed by atoms with E-state index in [2.05, 4.69) is 21.2 Å². The van der Waals surface area contributed by atoms with Gasteiger partial charge in [-0.05, 0) is 49.5 Å². The Kier molecular flexibility index (Phi) is 4.61. The van der Waals surface area contributed by atoms with E-state index in [1.165, 1.54) is 6.92 Å². The molecule has 0 aromatic heterocycles. The summed E-state index contributed by atoms with van der Waals surface area (Å²) in [7, 11) is 0. The number of phenols is 1. The van der Waals surface area contributed by atoms with Crippen LogP contribution < -0.4 is 5.32 Å². The van der Waals surface area contributed by atoms with E-state index in [0.29, 0.717) is 31.5 Å². The van der Waals surface area contributed by atoms with Gasteiger partial charge in [0.15, 0.2) is 0 Å². The van der Waals surface area contributed by atoms with Gasteiger partial charge in [0.1, 0.15) is 5.75 Å². The molecule has 0 radical (unpaired) electrons. The third-order valence-corrected chi connectivity index (χ3v) is 6.33. The number of piperidine rings is 3. The van der Waals surface area contributed by atoms with E-state index in [9.17, 15) is 14.7 Å². The van der Waals surface area contributed by atoms with Crippen LogP contribution in [0.1, 0.15) is 37.7 Å². The van der Waals surface area contributed by atoms with Crippen LogP contribution in [0.15, 0.2) is 24.3 Å². The smallest absolute Gasteiger partial charge is 0.224 e. The summed E-state index contributed by atoms with van der Waals surface area (Å²) in [6, 6.07) is 8.09. The van der Waals surface area contributed by atoms with Gasteiger partial charge in [-0.2, -0.15) is 0 Å². The molecule has 6 nitrogen and oxygen atoms in total. The summed E-state index contributed by atoms with van der Waals surface area (Å²) in [6.07, 6.45) is 2.66. The molecule has 140 valence electrons. The lowest BCUT2D eigenvalue weighted by Gasteiger charge is -2.51. The van der Waals surface area contributed by atoms with E-state index in [1.807, 2.05) is 12.1 Å². The van der Waals surface area contributed by atoms with Gasteiger partial charge in [-0.3, -0.25) is 14.5 Å². The first-order valence-electron chi connectivity index (χ1n) is 9.61. The molecule has 0 spiro atoms. The van der Waals surface area contributed by atoms with Crippen LogP contribution in [0, 0.1) is 5.92 Å². The van der Waals surface area contributed by atoms with Gasteiger partial charge in [0.2, 0.25) is 11.8 Å². The Balaban J connectivity index is 1.58. The van der Waals surface area contributed by atoms with Crippen molar-refractivity contribution in [3.8, 4) is 5.75 Å². The van der Waals surface area contributed by atoms with Crippen LogP contribution in [0.25, 0.3) is 0 Å². The summed E-state index contributed by atoms with van der Waals surface area (Å²) >= 11 is 0. The SMILES string of the molecule is CC(=O)NCCC(=O)N1CC(c2cccc(O)c2)C2C1C1CCN2CC1. The van der Waals surface area contributed by atoms with Crippen molar-refractivity contribution in [1.29, 1.82) is 0 Å². The topological polar surface area (TPSA) is 72.9 Å². The third-order valence-electron chi connectivity index (χ3n) is 6.33. The Labute approximate surface area is 154 Å². The van der Waals surface area contributed by atoms with Gasteiger partial charge in [-0.1, -0.05) is 12.1 Å². The van der Waals surface area contributed by atoms with Crippen molar-refractivity contribution in [2.75, 3.05) is 26.2 Å². The molecule has 6 heteroatoms. The molecule has 4 aliphatic heterocycles. The van der Waals surface area contributed by atoms with Crippen LogP contribution in [-0.4, -0.2) is 65.0 Å². The predicted molar refractivity (Wildman–Crippen MR) is 97.7 cm³/mol. The number of carbonyl (C=O) groups excluding carboxylic acids is 2. The number of hydrogen-bond donors (Lipinski definition) is 2. The zero-order chi connectivity index (χ0) is 18.3. The van der Waals surface area contributed by atoms with Gasteiger partial charge in [0, 0.05) is 38.4 Å². The van der Waals surface area contributed by atoms with Crippen molar-refractivity contribution in [2.45, 2.75) is 44.2 Å². The average molecular weight is 357 g/mol. The lowest BCUT2D eigenvalue weighted by Crippen LogP contribution is -2.60. The fourth-order valence-corrected chi connectivity index (χ4v) is 5.24. The molecule has 2 bridgehead atoms. The third kappa shape index (κ3) is 3.07. The molecule has 1 aromatic carbocycles. The molecule has 2 N–H and O–H groups in total. The maximum absolute atomic E-state index is 12.9. The fraction of sp³-hybridized carbons (Fsp3) is 0.600. The van der Waals surface area contributed by atoms with Crippen molar-refractivity contribution in [3.63, 3.8) is 0 Å². The summed E-state index contributed by atoms with van der Waals surface area (Å²) in [5.74, 6) is 1.12. The number of fused-ring (bicyclic) bond motifs is 2. The number of rotatable bonds is 4. The van der Waals surface area contributed by atoms with Gasteiger partial charge in [-0.15, -0.1) is 0 Å². The number of phenolic OH excluding ortho intramolecular Hbond substituents is 1. The first-order chi connectivity index (χ1) is 12.5. The van der Waals surface area contributed by atoms with Crippen LogP contribution in [0.5, 0.6) is 5.75 Å². The minimum absolute atomic E-state index is 0.0995. The number of nitrogens with one attached hydrogen (secondary N) is 1. The van der Waals surface area contributed by atoms with Crippen LogP contribution in [0.4, 0.5) is 0 Å². The van der Waals surface area contributed by atoms with E-state index in [-0.39, 0.29) is 29.5 Å². The summed E-state index contributed by atoms with van der Waals surface area (Å²) in [6.45, 7) is 4.78. The maximum atomic E-state index is 12.9. The molecule has 4 fully saturated rings. The molecule has 4 saturated heterocycles. The second-order valence-corrected chi connectivity index (χ2v) is 7.84. The summed E-state index contributed by atoms with van der Waals surface area (Å²) in [5, 5.41) is 12.6. The van der Waals surface area contributed by atoms with Crippen molar-refractivity contribution in [1.82, 2.24) is 15.1 Å². The van der Waals surface area contributed by atoms with E-state index in [1.54, 1.807) is 6.07 Å². The second-order valence-electron chi connectivity index (χ2n) is 7.84. The number of carbonyl (C=O) groups is 2. The van der Waals surface area contributed by atoms with Gasteiger partial charge in [-0.25, -0.2) is 0 Å². The molecular formula is C20H27N3O3. The number of nitrogens with zero attached hydrogens (tertiary/aromatic N) is 2. The minimum atomic E-state index is -0.0995. The van der Waals surface area contributed by atoms with Crippen molar-refractivity contribution >= 4 is 11.8 Å². The van der Waals surface area contributed by atoms with E-state index < -0.39 is 0 Å². The Bertz CT molecular complexity index is 699. The van der Waals surface area contributed by atoms with E-state index in [4.69, 9.17) is 0 Å². The maximum Gasteiger partial charge on any atom is 0.224 e. The normalized spacial score (nSPS) is 32.3. The van der Waals surface area contributed by atoms with Gasteiger partial charge < -0.3 is 15.3 Å².